The quantitative estimate of drug-likeness (QED) is 0.825. The van der Waals surface area contributed by atoms with Crippen LogP contribution < -0.4 is 10.6 Å². The van der Waals surface area contributed by atoms with Gasteiger partial charge in [-0.05, 0) is 12.8 Å². The highest BCUT2D eigenvalue weighted by atomic mass is 32.1. The number of hydrogen-bond donors (Lipinski definition) is 1. The van der Waals surface area contributed by atoms with Crippen molar-refractivity contribution in [3.8, 4) is 0 Å². The van der Waals surface area contributed by atoms with Crippen molar-refractivity contribution in [3.05, 3.63) is 20.7 Å². The van der Waals surface area contributed by atoms with E-state index in [4.69, 9.17) is 5.73 Å². The first kappa shape index (κ1) is 12.0. The van der Waals surface area contributed by atoms with Gasteiger partial charge in [0, 0.05) is 11.1 Å². The highest BCUT2D eigenvalue weighted by Crippen LogP contribution is 2.13. The minimum Gasteiger partial charge on any atom is -0.368 e. The minimum atomic E-state index is -0.501. The fraction of sp³-hybridized carbons (Fsp3) is 0.600. The molecule has 1 heterocycles. The zero-order chi connectivity index (χ0) is 11.4. The smallest absolute Gasteiger partial charge is 0.308 e. The summed E-state index contributed by atoms with van der Waals surface area (Å²) in [7, 11) is 0. The Morgan fingerprint density at radius 1 is 1.60 bits per heavy atom. The van der Waals surface area contributed by atoms with Gasteiger partial charge in [0.15, 0.2) is 0 Å². The van der Waals surface area contributed by atoms with E-state index in [0.29, 0.717) is 6.42 Å². The number of thiazole rings is 1. The molecule has 0 saturated heterocycles. The van der Waals surface area contributed by atoms with Crippen LogP contribution in [0.3, 0.4) is 0 Å². The first-order valence-electron chi connectivity index (χ1n) is 5.10. The number of carbonyl (C=O) groups excluding carboxylic acids is 1. The van der Waals surface area contributed by atoms with Crippen molar-refractivity contribution in [2.24, 2.45) is 5.73 Å². The number of rotatable bonds is 5. The second kappa shape index (κ2) is 5.11. The van der Waals surface area contributed by atoms with Gasteiger partial charge in [0.25, 0.3) is 0 Å². The maximum atomic E-state index is 11.6. The van der Waals surface area contributed by atoms with Crippen molar-refractivity contribution >= 4 is 17.2 Å². The predicted octanol–water partition coefficient (Wildman–Crippen LogP) is 1.30. The molecule has 0 aliphatic carbocycles. The SMILES string of the molecule is CCCc1cn(C(CC)C(N)=O)c(=O)s1. The van der Waals surface area contributed by atoms with Gasteiger partial charge in [0.1, 0.15) is 6.04 Å². The fourth-order valence-corrected chi connectivity index (χ4v) is 2.50. The standard InChI is InChI=1S/C10H16N2O2S/c1-3-5-7-6-12(10(14)15-7)8(4-2)9(11)13/h6,8H,3-5H2,1-2H3,(H2,11,13). The first-order valence-corrected chi connectivity index (χ1v) is 5.92. The van der Waals surface area contributed by atoms with Crippen molar-refractivity contribution in [3.63, 3.8) is 0 Å². The topological polar surface area (TPSA) is 65.1 Å². The van der Waals surface area contributed by atoms with Crippen LogP contribution in [0.15, 0.2) is 11.0 Å². The normalized spacial score (nSPS) is 12.7. The molecule has 1 aromatic heterocycles. The van der Waals surface area contributed by atoms with Gasteiger partial charge in [-0.2, -0.15) is 0 Å². The molecule has 84 valence electrons. The van der Waals surface area contributed by atoms with E-state index in [0.717, 1.165) is 17.7 Å². The molecule has 0 spiro atoms. The van der Waals surface area contributed by atoms with Crippen molar-refractivity contribution in [2.75, 3.05) is 0 Å². The summed E-state index contributed by atoms with van der Waals surface area (Å²) >= 11 is 1.20. The molecular formula is C10H16N2O2S. The Balaban J connectivity index is 3.02. The monoisotopic (exact) mass is 228 g/mol. The Labute approximate surface area is 92.7 Å². The number of carbonyl (C=O) groups is 1. The Morgan fingerprint density at radius 2 is 2.27 bits per heavy atom. The molecule has 0 aliphatic heterocycles. The molecule has 5 heteroatoms. The van der Waals surface area contributed by atoms with Crippen molar-refractivity contribution in [1.29, 1.82) is 0 Å². The molecule has 1 amide bonds. The molecule has 1 aromatic rings. The van der Waals surface area contributed by atoms with E-state index < -0.39 is 11.9 Å². The molecule has 0 fully saturated rings. The van der Waals surface area contributed by atoms with E-state index in [1.165, 1.54) is 15.9 Å². The van der Waals surface area contributed by atoms with Gasteiger partial charge in [-0.1, -0.05) is 31.6 Å². The Kier molecular flexibility index (Phi) is 4.08. The lowest BCUT2D eigenvalue weighted by atomic mass is 10.2. The number of nitrogens with two attached hydrogens (primary N) is 1. The number of primary amides is 1. The van der Waals surface area contributed by atoms with Crippen molar-refractivity contribution in [1.82, 2.24) is 4.57 Å². The summed E-state index contributed by atoms with van der Waals surface area (Å²) < 4.78 is 1.46. The zero-order valence-corrected chi connectivity index (χ0v) is 9.84. The Bertz CT molecular complexity index is 394. The molecule has 2 N–H and O–H groups in total. The summed E-state index contributed by atoms with van der Waals surface area (Å²) in [6.45, 7) is 3.90. The number of amides is 1. The highest BCUT2D eigenvalue weighted by Gasteiger charge is 2.18. The summed E-state index contributed by atoms with van der Waals surface area (Å²) in [6.07, 6.45) is 4.18. The first-order chi connectivity index (χ1) is 7.10. The van der Waals surface area contributed by atoms with Gasteiger partial charge < -0.3 is 5.73 Å². The van der Waals surface area contributed by atoms with Crippen LogP contribution in [0, 0.1) is 0 Å². The van der Waals surface area contributed by atoms with Crippen LogP contribution >= 0.6 is 11.3 Å². The lowest BCUT2D eigenvalue weighted by molar-refractivity contribution is -0.121. The number of nitrogens with zero attached hydrogens (tertiary/aromatic N) is 1. The molecule has 0 bridgehead atoms. The van der Waals surface area contributed by atoms with E-state index in [9.17, 15) is 9.59 Å². The van der Waals surface area contributed by atoms with Crippen LogP contribution in [0.2, 0.25) is 0 Å². The van der Waals surface area contributed by atoms with Gasteiger partial charge in [-0.3, -0.25) is 14.2 Å². The maximum absolute atomic E-state index is 11.6. The molecule has 15 heavy (non-hydrogen) atoms. The summed E-state index contributed by atoms with van der Waals surface area (Å²) in [6, 6.07) is -0.501. The molecule has 0 aromatic carbocycles. The summed E-state index contributed by atoms with van der Waals surface area (Å²) in [5.74, 6) is -0.444. The summed E-state index contributed by atoms with van der Waals surface area (Å²) in [4.78, 5) is 23.6. The predicted molar refractivity (Wildman–Crippen MR) is 61.1 cm³/mol. The lowest BCUT2D eigenvalue weighted by Crippen LogP contribution is -2.30. The number of aromatic nitrogens is 1. The average Bonchev–Trinajstić information content (AvgIpc) is 2.49. The molecule has 0 saturated carbocycles. The number of hydrogen-bond acceptors (Lipinski definition) is 3. The van der Waals surface area contributed by atoms with Crippen LogP contribution in [0.25, 0.3) is 0 Å². The van der Waals surface area contributed by atoms with Crippen LogP contribution in [0.4, 0.5) is 0 Å². The van der Waals surface area contributed by atoms with Gasteiger partial charge >= 0.3 is 4.87 Å². The van der Waals surface area contributed by atoms with Gasteiger partial charge in [0.05, 0.1) is 0 Å². The van der Waals surface area contributed by atoms with E-state index in [2.05, 4.69) is 6.92 Å². The van der Waals surface area contributed by atoms with Crippen molar-refractivity contribution in [2.45, 2.75) is 39.2 Å². The molecule has 0 radical (unpaired) electrons. The van der Waals surface area contributed by atoms with Gasteiger partial charge in [-0.15, -0.1) is 0 Å². The Morgan fingerprint density at radius 3 is 2.73 bits per heavy atom. The maximum Gasteiger partial charge on any atom is 0.308 e. The van der Waals surface area contributed by atoms with E-state index >= 15 is 0 Å². The van der Waals surface area contributed by atoms with Crippen molar-refractivity contribution < 1.29 is 4.79 Å². The lowest BCUT2D eigenvalue weighted by Gasteiger charge is -2.10. The van der Waals surface area contributed by atoms with Gasteiger partial charge in [-0.25, -0.2) is 0 Å². The molecule has 0 aliphatic rings. The van der Waals surface area contributed by atoms with Crippen LogP contribution in [-0.4, -0.2) is 10.5 Å². The third-order valence-corrected chi connectivity index (χ3v) is 3.22. The second-order valence-electron chi connectivity index (χ2n) is 3.45. The molecule has 1 rings (SSSR count). The molecule has 1 unspecified atom stereocenters. The number of aryl methyl sites for hydroxylation is 1. The summed E-state index contributed by atoms with van der Waals surface area (Å²) in [5.41, 5.74) is 5.24. The zero-order valence-electron chi connectivity index (χ0n) is 9.03. The van der Waals surface area contributed by atoms with Crippen LogP contribution in [0.1, 0.15) is 37.6 Å². The van der Waals surface area contributed by atoms with E-state index in [1.807, 2.05) is 6.92 Å². The second-order valence-corrected chi connectivity index (χ2v) is 4.52. The molecule has 4 nitrogen and oxygen atoms in total. The summed E-state index contributed by atoms with van der Waals surface area (Å²) in [5, 5.41) is 0. The van der Waals surface area contributed by atoms with Crippen LogP contribution in [-0.2, 0) is 11.2 Å². The van der Waals surface area contributed by atoms with Crippen LogP contribution in [0.5, 0.6) is 0 Å². The van der Waals surface area contributed by atoms with E-state index in [1.54, 1.807) is 6.20 Å². The molecular weight excluding hydrogens is 212 g/mol. The minimum absolute atomic E-state index is 0.0934. The third-order valence-electron chi connectivity index (χ3n) is 2.26. The Hall–Kier alpha value is -1.10. The fourth-order valence-electron chi connectivity index (χ4n) is 1.51. The average molecular weight is 228 g/mol. The highest BCUT2D eigenvalue weighted by molar-refractivity contribution is 7.09. The molecule has 1 atom stereocenters. The van der Waals surface area contributed by atoms with E-state index in [-0.39, 0.29) is 4.87 Å². The van der Waals surface area contributed by atoms with Gasteiger partial charge in [0.2, 0.25) is 5.91 Å². The largest absolute Gasteiger partial charge is 0.368 e. The third kappa shape index (κ3) is 2.68.